The number of carbonyl (C=O) groups is 6. The lowest BCUT2D eigenvalue weighted by Crippen LogP contribution is -2.50. The lowest BCUT2D eigenvalue weighted by atomic mass is 10.1. The van der Waals surface area contributed by atoms with Crippen molar-refractivity contribution in [3.05, 3.63) is 59.2 Å². The maximum absolute atomic E-state index is 12.8. The first-order chi connectivity index (χ1) is 19.2. The van der Waals surface area contributed by atoms with Gasteiger partial charge in [0.05, 0.1) is 0 Å². The number of nitrogens with two attached hydrogens (primary N) is 2. The van der Waals surface area contributed by atoms with Crippen LogP contribution < -0.4 is 43.8 Å². The number of hydrazine groups is 2. The van der Waals surface area contributed by atoms with Crippen LogP contribution in [0.4, 0.5) is 0 Å². The average molecular weight is 555 g/mol. The third kappa shape index (κ3) is 8.02. The Hall–Kier alpha value is -4.96. The summed E-state index contributed by atoms with van der Waals surface area (Å²) in [5.74, 6) is 6.59. The van der Waals surface area contributed by atoms with E-state index in [2.05, 4.69) is 31.2 Å². The van der Waals surface area contributed by atoms with Crippen LogP contribution in [0, 0.1) is 0 Å². The van der Waals surface area contributed by atoms with Gasteiger partial charge in [-0.15, -0.1) is 0 Å². The van der Waals surface area contributed by atoms with Crippen molar-refractivity contribution in [2.75, 3.05) is 13.1 Å². The second-order valence-electron chi connectivity index (χ2n) is 8.68. The van der Waals surface area contributed by atoms with Gasteiger partial charge in [0.2, 0.25) is 0 Å². The number of amides is 6. The smallest absolute Gasteiger partial charge is 0.270 e. The summed E-state index contributed by atoms with van der Waals surface area (Å²) in [5, 5.41) is 10.3. The average Bonchev–Trinajstić information content (AvgIpc) is 2.98. The second kappa shape index (κ2) is 14.3. The minimum atomic E-state index is -1.07. The molecule has 10 N–H and O–H groups in total. The number of nitrogens with zero attached hydrogens (tertiary/aromatic N) is 2. The maximum Gasteiger partial charge on any atom is 0.270 e. The van der Waals surface area contributed by atoms with Crippen molar-refractivity contribution >= 4 is 35.4 Å². The standard InChI is InChI=1S/C24H30N10O6/c25-33-23(39)17-9-3-11-27-19(35)13-5-1-6-14(29-13)20(36)28-12-4-10-18(24(40)34-26)32-22(38)16-8-2-7-15(30-16)21(37)31-17/h1-2,5-8,17-18H,3-4,9-12,25-26H2,(H,27,35)(H,28,36)(H,31,37)(H,32,38)(H,33,39)(H,34,40). The lowest BCUT2D eigenvalue weighted by molar-refractivity contribution is -0.123. The van der Waals surface area contributed by atoms with Crippen LogP contribution in [0.3, 0.4) is 0 Å². The third-order valence-corrected chi connectivity index (χ3v) is 5.87. The Bertz CT molecular complexity index is 1200. The fourth-order valence-electron chi connectivity index (χ4n) is 3.78. The molecule has 0 saturated carbocycles. The predicted octanol–water partition coefficient (Wildman–Crippen LogP) is -2.61. The number of carbonyl (C=O) groups excluding carboxylic acids is 6. The van der Waals surface area contributed by atoms with Gasteiger partial charge in [-0.2, -0.15) is 0 Å². The number of hydrogen-bond acceptors (Lipinski definition) is 10. The summed E-state index contributed by atoms with van der Waals surface area (Å²) in [6, 6.07) is 6.34. The van der Waals surface area contributed by atoms with Crippen LogP contribution in [0.15, 0.2) is 36.4 Å². The number of aromatic nitrogens is 2. The fraction of sp³-hybridized carbons (Fsp3) is 0.333. The van der Waals surface area contributed by atoms with E-state index in [9.17, 15) is 28.8 Å². The first kappa shape index (κ1) is 29.6. The molecule has 3 heterocycles. The highest BCUT2D eigenvalue weighted by Gasteiger charge is 2.24. The molecule has 0 radical (unpaired) electrons. The van der Waals surface area contributed by atoms with Gasteiger partial charge in [-0.3, -0.25) is 39.6 Å². The topological polar surface area (TPSA) is 252 Å². The quantitative estimate of drug-likeness (QED) is 0.109. The molecule has 0 saturated heterocycles. The van der Waals surface area contributed by atoms with Gasteiger partial charge in [-0.05, 0) is 49.9 Å². The maximum atomic E-state index is 12.8. The van der Waals surface area contributed by atoms with E-state index in [1.165, 1.54) is 36.4 Å². The van der Waals surface area contributed by atoms with E-state index in [4.69, 9.17) is 11.7 Å². The van der Waals surface area contributed by atoms with Crippen molar-refractivity contribution < 1.29 is 28.8 Å². The molecule has 3 rings (SSSR count). The van der Waals surface area contributed by atoms with Gasteiger partial charge in [-0.1, -0.05) is 12.1 Å². The summed E-state index contributed by atoms with van der Waals surface area (Å²) >= 11 is 0. The zero-order valence-electron chi connectivity index (χ0n) is 21.4. The zero-order chi connectivity index (χ0) is 29.1. The highest BCUT2D eigenvalue weighted by atomic mass is 16.2. The normalized spacial score (nSPS) is 19.4. The molecule has 2 unspecified atom stereocenters. The molecular formula is C24H30N10O6. The van der Waals surface area contributed by atoms with E-state index < -0.39 is 47.5 Å². The fourth-order valence-corrected chi connectivity index (χ4v) is 3.78. The molecule has 212 valence electrons. The van der Waals surface area contributed by atoms with Gasteiger partial charge in [0.15, 0.2) is 0 Å². The Labute approximate surface area is 228 Å². The summed E-state index contributed by atoms with van der Waals surface area (Å²) in [6.07, 6.45) is 0.734. The number of nitrogens with one attached hydrogen (secondary N) is 6. The monoisotopic (exact) mass is 554 g/mol. The SMILES string of the molecule is NNC(=O)C1CCCNC(=O)c2cccc(n2)C(=O)NCCCC(C(=O)NN)NC(=O)c2cccc(n2)C(=O)N1. The van der Waals surface area contributed by atoms with E-state index in [1.54, 1.807) is 0 Å². The summed E-state index contributed by atoms with van der Waals surface area (Å²) in [5.41, 5.74) is 3.65. The molecule has 0 aromatic carbocycles. The van der Waals surface area contributed by atoms with E-state index in [-0.39, 0.29) is 61.5 Å². The molecule has 2 aromatic heterocycles. The van der Waals surface area contributed by atoms with E-state index in [0.717, 1.165) is 0 Å². The van der Waals surface area contributed by atoms with Crippen LogP contribution in [0.25, 0.3) is 0 Å². The van der Waals surface area contributed by atoms with E-state index in [1.807, 2.05) is 10.9 Å². The Kier molecular flexibility index (Phi) is 10.6. The molecule has 0 aliphatic carbocycles. The molecule has 1 aliphatic heterocycles. The van der Waals surface area contributed by atoms with Crippen molar-refractivity contribution in [2.24, 2.45) is 11.7 Å². The van der Waals surface area contributed by atoms with Crippen LogP contribution in [0.1, 0.15) is 67.6 Å². The highest BCUT2D eigenvalue weighted by molar-refractivity contribution is 5.99. The third-order valence-electron chi connectivity index (χ3n) is 5.87. The molecule has 0 fully saturated rings. The van der Waals surface area contributed by atoms with Crippen molar-refractivity contribution in [1.82, 2.24) is 42.1 Å². The van der Waals surface area contributed by atoms with Crippen LogP contribution in [-0.4, -0.2) is 70.6 Å². The van der Waals surface area contributed by atoms with Crippen molar-refractivity contribution in [3.63, 3.8) is 0 Å². The Balaban J connectivity index is 1.86. The minimum Gasteiger partial charge on any atom is -0.351 e. The second-order valence-corrected chi connectivity index (χ2v) is 8.68. The molecule has 0 spiro atoms. The predicted molar refractivity (Wildman–Crippen MR) is 139 cm³/mol. The van der Waals surface area contributed by atoms with Gasteiger partial charge in [0.1, 0.15) is 34.9 Å². The summed E-state index contributed by atoms with van der Waals surface area (Å²) in [4.78, 5) is 83.4. The van der Waals surface area contributed by atoms with Crippen LogP contribution in [0.5, 0.6) is 0 Å². The number of pyridine rings is 2. The molecule has 6 amide bonds. The molecule has 16 nitrogen and oxygen atoms in total. The number of fused-ring (bicyclic) bond motifs is 4. The summed E-state index contributed by atoms with van der Waals surface area (Å²) in [7, 11) is 0. The largest absolute Gasteiger partial charge is 0.351 e. The van der Waals surface area contributed by atoms with Crippen molar-refractivity contribution in [3.8, 4) is 0 Å². The molecule has 2 aromatic rings. The van der Waals surface area contributed by atoms with Gasteiger partial charge >= 0.3 is 0 Å². The molecule has 4 bridgehead atoms. The molecular weight excluding hydrogens is 524 g/mol. The molecule has 1 aliphatic rings. The van der Waals surface area contributed by atoms with Gasteiger partial charge in [0.25, 0.3) is 35.4 Å². The van der Waals surface area contributed by atoms with Crippen LogP contribution >= 0.6 is 0 Å². The Morgan fingerprint density at radius 1 is 0.650 bits per heavy atom. The van der Waals surface area contributed by atoms with E-state index in [0.29, 0.717) is 0 Å². The number of hydrogen-bond donors (Lipinski definition) is 8. The highest BCUT2D eigenvalue weighted by Crippen LogP contribution is 2.06. The number of rotatable bonds is 2. The Morgan fingerprint density at radius 2 is 1.00 bits per heavy atom. The van der Waals surface area contributed by atoms with Crippen LogP contribution in [-0.2, 0) is 9.59 Å². The minimum absolute atomic E-state index is 0.00713. The summed E-state index contributed by atoms with van der Waals surface area (Å²) in [6.45, 7) is 0.263. The van der Waals surface area contributed by atoms with Crippen molar-refractivity contribution in [2.45, 2.75) is 37.8 Å². The first-order valence-corrected chi connectivity index (χ1v) is 12.4. The van der Waals surface area contributed by atoms with Gasteiger partial charge < -0.3 is 21.3 Å². The lowest BCUT2D eigenvalue weighted by Gasteiger charge is -2.18. The van der Waals surface area contributed by atoms with Crippen molar-refractivity contribution in [1.29, 1.82) is 0 Å². The van der Waals surface area contributed by atoms with Gasteiger partial charge in [0, 0.05) is 13.1 Å². The first-order valence-electron chi connectivity index (χ1n) is 12.4. The Morgan fingerprint density at radius 3 is 1.35 bits per heavy atom. The summed E-state index contributed by atoms with van der Waals surface area (Å²) < 4.78 is 0. The van der Waals surface area contributed by atoms with Crippen LogP contribution in [0.2, 0.25) is 0 Å². The van der Waals surface area contributed by atoms with Gasteiger partial charge in [-0.25, -0.2) is 21.7 Å². The zero-order valence-corrected chi connectivity index (χ0v) is 21.4. The molecule has 16 heteroatoms. The molecule has 40 heavy (non-hydrogen) atoms. The molecule has 2 atom stereocenters. The van der Waals surface area contributed by atoms with E-state index >= 15 is 0 Å².